The minimum Gasteiger partial charge on any atom is -0.318 e. The molecular weight excluding hydrogens is 369 g/mol. The van der Waals surface area contributed by atoms with Crippen LogP contribution in [0.5, 0.6) is 0 Å². The molecule has 0 saturated heterocycles. The lowest BCUT2D eigenvalue weighted by molar-refractivity contribution is -0.705. The largest absolute Gasteiger partial charge is 0.318 e. The highest BCUT2D eigenvalue weighted by Crippen LogP contribution is 2.20. The van der Waals surface area contributed by atoms with Crippen LogP contribution in [-0.4, -0.2) is 11.7 Å². The lowest BCUT2D eigenvalue weighted by Gasteiger charge is -2.10. The molecule has 0 bridgehead atoms. The number of carbonyl (C=O) groups is 2. The van der Waals surface area contributed by atoms with Crippen molar-refractivity contribution in [3.8, 4) is 0 Å². The summed E-state index contributed by atoms with van der Waals surface area (Å²) in [5.74, 6) is -5.24. The third-order valence-electron chi connectivity index (χ3n) is 4.27. The van der Waals surface area contributed by atoms with E-state index < -0.39 is 35.1 Å². The summed E-state index contributed by atoms with van der Waals surface area (Å²) < 4.78 is 41.5. The van der Waals surface area contributed by atoms with E-state index in [1.807, 2.05) is 6.07 Å². The second-order valence-electron chi connectivity index (χ2n) is 6.12. The van der Waals surface area contributed by atoms with E-state index >= 15 is 0 Å². The van der Waals surface area contributed by atoms with Gasteiger partial charge in [-0.05, 0) is 12.1 Å². The van der Waals surface area contributed by atoms with E-state index in [2.05, 4.69) is 5.32 Å². The molecule has 0 radical (unpaired) electrons. The van der Waals surface area contributed by atoms with Gasteiger partial charge >= 0.3 is 0 Å². The first-order chi connectivity index (χ1) is 13.4. The number of hydrogen-bond donors (Lipinski definition) is 1. The van der Waals surface area contributed by atoms with Crippen molar-refractivity contribution in [3.05, 3.63) is 95.6 Å². The number of nitrogens with one attached hydrogen (secondary N) is 1. The number of halogens is 3. The number of benzene rings is 2. The first-order valence-corrected chi connectivity index (χ1v) is 8.43. The highest BCUT2D eigenvalue weighted by molar-refractivity contribution is 6.08. The summed E-state index contributed by atoms with van der Waals surface area (Å²) in [5.41, 5.74) is 0.536. The Morgan fingerprint density at radius 1 is 0.857 bits per heavy atom. The van der Waals surface area contributed by atoms with Gasteiger partial charge in [-0.25, -0.2) is 13.2 Å². The van der Waals surface area contributed by atoms with Crippen LogP contribution in [0, 0.1) is 17.5 Å². The molecule has 0 aliphatic carbocycles. The highest BCUT2D eigenvalue weighted by atomic mass is 19.2. The normalized spacial score (nSPS) is 11.7. The summed E-state index contributed by atoms with van der Waals surface area (Å²) in [5, 5.41) is 2.23. The summed E-state index contributed by atoms with van der Waals surface area (Å²) in [4.78, 5) is 24.7. The average molecular weight is 385 g/mol. The van der Waals surface area contributed by atoms with Gasteiger partial charge in [-0.15, -0.1) is 0 Å². The molecule has 7 heteroatoms. The maximum atomic E-state index is 13.7. The molecule has 2 aromatic carbocycles. The molecule has 142 valence electrons. The van der Waals surface area contributed by atoms with Gasteiger partial charge in [0, 0.05) is 30.2 Å². The van der Waals surface area contributed by atoms with Crippen LogP contribution in [0.15, 0.2) is 67.0 Å². The number of ketones is 1. The number of nitrogens with zero attached hydrogens (tertiary/aromatic N) is 1. The molecule has 1 amide bonds. The van der Waals surface area contributed by atoms with Gasteiger partial charge in [-0.3, -0.25) is 9.59 Å². The zero-order valence-electron chi connectivity index (χ0n) is 14.8. The van der Waals surface area contributed by atoms with E-state index in [1.165, 1.54) is 4.57 Å². The second kappa shape index (κ2) is 8.04. The Balaban J connectivity index is 1.74. The maximum Gasteiger partial charge on any atom is 0.293 e. The lowest BCUT2D eigenvalue weighted by Crippen LogP contribution is -2.44. The van der Waals surface area contributed by atoms with Crippen LogP contribution in [0.4, 0.5) is 18.9 Å². The molecule has 0 aliphatic rings. The number of pyridine rings is 1. The molecule has 0 saturated carbocycles. The second-order valence-corrected chi connectivity index (χ2v) is 6.12. The van der Waals surface area contributed by atoms with Crippen molar-refractivity contribution in [2.24, 2.45) is 0 Å². The Labute approximate surface area is 159 Å². The number of carbonyl (C=O) groups excluding carboxylic acids is 2. The van der Waals surface area contributed by atoms with Crippen molar-refractivity contribution in [1.29, 1.82) is 0 Å². The number of anilines is 1. The van der Waals surface area contributed by atoms with Crippen LogP contribution in [0.3, 0.4) is 0 Å². The Bertz CT molecular complexity index is 1020. The van der Waals surface area contributed by atoms with Gasteiger partial charge in [0.2, 0.25) is 6.04 Å². The monoisotopic (exact) mass is 385 g/mol. The molecule has 3 aromatic rings. The van der Waals surface area contributed by atoms with E-state index in [0.29, 0.717) is 11.1 Å². The van der Waals surface area contributed by atoms with Crippen molar-refractivity contribution < 1.29 is 27.3 Å². The summed E-state index contributed by atoms with van der Waals surface area (Å²) in [6.07, 6.45) is 3.09. The Morgan fingerprint density at radius 2 is 1.46 bits per heavy atom. The standard InChI is InChI=1S/C21H15F3N2O2/c1-13(21(28)25-17-8-7-16(22)18(23)19(17)24)26-11-9-15(10-12-26)20(27)14-5-3-2-4-6-14/h2-13H,1H3/p+1/t13-/m0/s1. The van der Waals surface area contributed by atoms with E-state index in [4.69, 9.17) is 0 Å². The number of rotatable bonds is 5. The fourth-order valence-electron chi connectivity index (χ4n) is 2.60. The average Bonchev–Trinajstić information content (AvgIpc) is 2.73. The fraction of sp³-hybridized carbons (Fsp3) is 0.0952. The van der Waals surface area contributed by atoms with Crippen LogP contribution in [0.2, 0.25) is 0 Å². The number of hydrogen-bond acceptors (Lipinski definition) is 2. The van der Waals surface area contributed by atoms with Crippen molar-refractivity contribution >= 4 is 17.4 Å². The van der Waals surface area contributed by atoms with Crippen molar-refractivity contribution in [2.45, 2.75) is 13.0 Å². The first kappa shape index (κ1) is 19.3. The third kappa shape index (κ3) is 3.93. The predicted octanol–water partition coefficient (Wildman–Crippen LogP) is 3.82. The van der Waals surface area contributed by atoms with Crippen LogP contribution >= 0.6 is 0 Å². The van der Waals surface area contributed by atoms with Gasteiger partial charge < -0.3 is 5.32 Å². The van der Waals surface area contributed by atoms with Crippen LogP contribution in [-0.2, 0) is 4.79 Å². The zero-order valence-corrected chi connectivity index (χ0v) is 14.8. The molecule has 3 rings (SSSR count). The molecule has 28 heavy (non-hydrogen) atoms. The van der Waals surface area contributed by atoms with Crippen molar-refractivity contribution in [2.75, 3.05) is 5.32 Å². The topological polar surface area (TPSA) is 50.1 Å². The lowest BCUT2D eigenvalue weighted by atomic mass is 10.0. The van der Waals surface area contributed by atoms with Gasteiger partial charge in [0.25, 0.3) is 5.91 Å². The SMILES string of the molecule is C[C@@H](C(=O)Nc1ccc(F)c(F)c1F)[n+]1ccc(C(=O)c2ccccc2)cc1. The molecule has 1 aromatic heterocycles. The number of aromatic nitrogens is 1. The minimum atomic E-state index is -1.65. The van der Waals surface area contributed by atoms with E-state index in [1.54, 1.807) is 55.7 Å². The molecule has 1 heterocycles. The smallest absolute Gasteiger partial charge is 0.293 e. The van der Waals surface area contributed by atoms with Gasteiger partial charge in [0.1, 0.15) is 0 Å². The van der Waals surface area contributed by atoms with Crippen molar-refractivity contribution in [3.63, 3.8) is 0 Å². The van der Waals surface area contributed by atoms with E-state index in [-0.39, 0.29) is 5.78 Å². The first-order valence-electron chi connectivity index (χ1n) is 8.43. The predicted molar refractivity (Wildman–Crippen MR) is 96.2 cm³/mol. The van der Waals surface area contributed by atoms with Gasteiger partial charge in [-0.2, -0.15) is 4.57 Å². The van der Waals surface area contributed by atoms with Crippen LogP contribution in [0.1, 0.15) is 28.9 Å². The summed E-state index contributed by atoms with van der Waals surface area (Å²) in [6.45, 7) is 1.55. The molecule has 0 aliphatic heterocycles. The summed E-state index contributed by atoms with van der Waals surface area (Å²) >= 11 is 0. The van der Waals surface area contributed by atoms with Gasteiger partial charge in [-0.1, -0.05) is 30.3 Å². The molecule has 1 atom stereocenters. The van der Waals surface area contributed by atoms with E-state index in [0.717, 1.165) is 12.1 Å². The molecular formula is C21H16F3N2O2+. The quantitative estimate of drug-likeness (QED) is 0.412. The summed E-state index contributed by atoms with van der Waals surface area (Å²) in [7, 11) is 0. The fourth-order valence-corrected chi connectivity index (χ4v) is 2.60. The molecule has 4 nitrogen and oxygen atoms in total. The van der Waals surface area contributed by atoms with Gasteiger partial charge in [0.15, 0.2) is 35.6 Å². The molecule has 1 N–H and O–H groups in total. The van der Waals surface area contributed by atoms with Crippen molar-refractivity contribution in [1.82, 2.24) is 0 Å². The third-order valence-corrected chi connectivity index (χ3v) is 4.27. The summed E-state index contributed by atoms with van der Waals surface area (Å²) in [6, 6.07) is 12.8. The Kier molecular flexibility index (Phi) is 5.54. The van der Waals surface area contributed by atoms with Gasteiger partial charge in [0.05, 0.1) is 5.69 Å². The Morgan fingerprint density at radius 3 is 2.11 bits per heavy atom. The zero-order chi connectivity index (χ0) is 20.3. The van der Waals surface area contributed by atoms with Crippen LogP contribution < -0.4 is 9.88 Å². The highest BCUT2D eigenvalue weighted by Gasteiger charge is 2.24. The molecule has 0 spiro atoms. The van der Waals surface area contributed by atoms with Crippen LogP contribution in [0.25, 0.3) is 0 Å². The Hall–Kier alpha value is -3.48. The minimum absolute atomic E-state index is 0.159. The number of amides is 1. The van der Waals surface area contributed by atoms with E-state index in [9.17, 15) is 22.8 Å². The maximum absolute atomic E-state index is 13.7. The molecule has 0 fully saturated rings. The molecule has 0 unspecified atom stereocenters.